The highest BCUT2D eigenvalue weighted by atomic mass is 16.3. The maximum Gasteiger partial charge on any atom is 0.257 e. The molecule has 7 heteroatoms. The van der Waals surface area contributed by atoms with Crippen molar-refractivity contribution in [2.24, 2.45) is 11.8 Å². The number of hydrogen-bond acceptors (Lipinski definition) is 5. The molecule has 1 saturated heterocycles. The zero-order valence-electron chi connectivity index (χ0n) is 14.2. The van der Waals surface area contributed by atoms with Crippen LogP contribution >= 0.6 is 0 Å². The van der Waals surface area contributed by atoms with E-state index >= 15 is 0 Å². The van der Waals surface area contributed by atoms with Crippen molar-refractivity contribution < 1.29 is 9.90 Å². The highest BCUT2D eigenvalue weighted by Crippen LogP contribution is 2.41. The summed E-state index contributed by atoms with van der Waals surface area (Å²) in [6, 6.07) is 3.65. The molecule has 2 N–H and O–H groups in total. The molecule has 7 nitrogen and oxygen atoms in total. The Labute approximate surface area is 146 Å². The van der Waals surface area contributed by atoms with Crippen LogP contribution in [0.25, 0.3) is 0 Å². The van der Waals surface area contributed by atoms with E-state index in [0.29, 0.717) is 29.8 Å². The second-order valence-electron chi connectivity index (χ2n) is 7.00. The van der Waals surface area contributed by atoms with E-state index in [4.69, 9.17) is 0 Å². The lowest BCUT2D eigenvalue weighted by Crippen LogP contribution is -2.35. The molecular weight excluding hydrogens is 318 g/mol. The Kier molecular flexibility index (Phi) is 4.17. The maximum absolute atomic E-state index is 12.9. The summed E-state index contributed by atoms with van der Waals surface area (Å²) < 4.78 is 1.99. The van der Waals surface area contributed by atoms with Gasteiger partial charge in [0.2, 0.25) is 0 Å². The number of nitrogens with zero attached hydrogens (tertiary/aromatic N) is 4. The molecule has 1 saturated carbocycles. The van der Waals surface area contributed by atoms with Crippen LogP contribution in [-0.2, 0) is 0 Å². The van der Waals surface area contributed by atoms with Gasteiger partial charge < -0.3 is 19.9 Å². The molecule has 1 aliphatic carbocycles. The maximum atomic E-state index is 12.9. The van der Waals surface area contributed by atoms with Gasteiger partial charge in [-0.2, -0.15) is 0 Å². The van der Waals surface area contributed by atoms with Crippen LogP contribution in [0.3, 0.4) is 0 Å². The lowest BCUT2D eigenvalue weighted by molar-refractivity contribution is 0.0357. The average Bonchev–Trinajstić information content (AvgIpc) is 3.29. The fraction of sp³-hybridized carbons (Fsp3) is 0.500. The molecule has 0 aromatic carbocycles. The lowest BCUT2D eigenvalue weighted by Gasteiger charge is -2.35. The van der Waals surface area contributed by atoms with E-state index in [-0.39, 0.29) is 11.9 Å². The van der Waals surface area contributed by atoms with Crippen LogP contribution in [0, 0.1) is 11.8 Å². The van der Waals surface area contributed by atoms with E-state index in [9.17, 15) is 9.90 Å². The molecule has 2 aromatic rings. The number of aliphatic hydroxyl groups excluding tert-OH is 1. The number of carbonyl (C=O) groups is 1. The monoisotopic (exact) mass is 341 g/mol. The van der Waals surface area contributed by atoms with Crippen molar-refractivity contribution in [1.29, 1.82) is 0 Å². The van der Waals surface area contributed by atoms with E-state index in [0.717, 1.165) is 19.4 Å². The third kappa shape index (κ3) is 2.89. The van der Waals surface area contributed by atoms with Gasteiger partial charge in [0.15, 0.2) is 0 Å². The van der Waals surface area contributed by atoms with Crippen LogP contribution in [0.1, 0.15) is 29.2 Å². The Hall–Kier alpha value is -2.41. The third-order valence-corrected chi connectivity index (χ3v) is 5.58. The fourth-order valence-electron chi connectivity index (χ4n) is 4.31. The summed E-state index contributed by atoms with van der Waals surface area (Å²) in [5.41, 5.74) is 0.607. The first kappa shape index (κ1) is 16.1. The summed E-state index contributed by atoms with van der Waals surface area (Å²) >= 11 is 0. The molecule has 0 spiro atoms. The van der Waals surface area contributed by atoms with E-state index in [1.54, 1.807) is 31.8 Å². The Balaban J connectivity index is 1.50. The Morgan fingerprint density at radius 1 is 1.28 bits per heavy atom. The molecule has 0 unspecified atom stereocenters. The largest absolute Gasteiger partial charge is 0.391 e. The number of aliphatic hydroxyl groups is 1. The van der Waals surface area contributed by atoms with Gasteiger partial charge in [0, 0.05) is 38.7 Å². The van der Waals surface area contributed by atoms with Gasteiger partial charge in [0.25, 0.3) is 5.91 Å². The summed E-state index contributed by atoms with van der Waals surface area (Å²) in [5, 5.41) is 13.5. The van der Waals surface area contributed by atoms with Gasteiger partial charge in [-0.15, -0.1) is 0 Å². The number of nitrogens with one attached hydrogen (secondary N) is 1. The minimum Gasteiger partial charge on any atom is -0.391 e. The molecule has 4 atom stereocenters. The van der Waals surface area contributed by atoms with Crippen LogP contribution in [0.15, 0.2) is 37.1 Å². The molecule has 25 heavy (non-hydrogen) atoms. The minimum absolute atomic E-state index is 0.0144. The second-order valence-corrected chi connectivity index (χ2v) is 7.00. The van der Waals surface area contributed by atoms with Crippen LogP contribution in [-0.4, -0.2) is 56.7 Å². The zero-order chi connectivity index (χ0) is 17.4. The van der Waals surface area contributed by atoms with E-state index in [1.165, 1.54) is 0 Å². The van der Waals surface area contributed by atoms with Gasteiger partial charge in [-0.25, -0.2) is 9.97 Å². The summed E-state index contributed by atoms with van der Waals surface area (Å²) in [4.78, 5) is 23.2. The van der Waals surface area contributed by atoms with Crippen molar-refractivity contribution in [3.05, 3.63) is 42.6 Å². The summed E-state index contributed by atoms with van der Waals surface area (Å²) in [7, 11) is 1.77. The van der Waals surface area contributed by atoms with Gasteiger partial charge in [0.05, 0.1) is 24.0 Å². The van der Waals surface area contributed by atoms with Crippen molar-refractivity contribution in [2.75, 3.05) is 25.5 Å². The topological polar surface area (TPSA) is 83.3 Å². The number of likely N-dealkylation sites (tertiary alicyclic amines) is 1. The first-order valence-corrected chi connectivity index (χ1v) is 8.75. The van der Waals surface area contributed by atoms with Crippen molar-refractivity contribution in [1.82, 2.24) is 19.4 Å². The van der Waals surface area contributed by atoms with Crippen molar-refractivity contribution in [3.63, 3.8) is 0 Å². The van der Waals surface area contributed by atoms with E-state index in [2.05, 4.69) is 15.3 Å². The molecule has 4 rings (SSSR count). The second kappa shape index (κ2) is 6.48. The van der Waals surface area contributed by atoms with Crippen molar-refractivity contribution >= 4 is 11.7 Å². The smallest absolute Gasteiger partial charge is 0.257 e. The highest BCUT2D eigenvalue weighted by molar-refractivity contribution is 5.98. The molecule has 132 valence electrons. The number of hydrogen-bond donors (Lipinski definition) is 2. The summed E-state index contributed by atoms with van der Waals surface area (Å²) in [5.74, 6) is 1.39. The van der Waals surface area contributed by atoms with Gasteiger partial charge >= 0.3 is 0 Å². The fourth-order valence-corrected chi connectivity index (χ4v) is 4.31. The zero-order valence-corrected chi connectivity index (χ0v) is 14.2. The first-order valence-electron chi connectivity index (χ1n) is 8.75. The standard InChI is InChI=1S/C18H23N5O2/c1-19-17-14(3-2-4-21-17)18(25)23-9-12-7-15(22-6-5-20-11-22)16(24)8-13(12)10-23/h2-6,11-13,15-16,24H,7-10H2,1H3,(H,19,21)/t12-,13+,15-,16-/m1/s1. The molecule has 1 amide bonds. The Morgan fingerprint density at radius 2 is 2.08 bits per heavy atom. The predicted molar refractivity (Wildman–Crippen MR) is 93.2 cm³/mol. The first-order chi connectivity index (χ1) is 12.2. The number of rotatable bonds is 3. The summed E-state index contributed by atoms with van der Waals surface area (Å²) in [6.45, 7) is 1.44. The Bertz CT molecular complexity index is 748. The predicted octanol–water partition coefficient (Wildman–Crippen LogP) is 1.40. The number of pyridine rings is 1. The van der Waals surface area contributed by atoms with Gasteiger partial charge in [-0.05, 0) is 36.8 Å². The van der Waals surface area contributed by atoms with Crippen molar-refractivity contribution in [2.45, 2.75) is 25.0 Å². The molecule has 1 aliphatic heterocycles. The van der Waals surface area contributed by atoms with E-state index in [1.807, 2.05) is 21.7 Å². The Morgan fingerprint density at radius 3 is 2.80 bits per heavy atom. The molecular formula is C18H23N5O2. The normalized spacial score (nSPS) is 28.6. The van der Waals surface area contributed by atoms with Gasteiger partial charge in [-0.3, -0.25) is 4.79 Å². The number of fused-ring (bicyclic) bond motifs is 1. The number of aromatic nitrogens is 3. The number of amides is 1. The molecule has 2 aliphatic rings. The highest BCUT2D eigenvalue weighted by Gasteiger charge is 2.43. The summed E-state index contributed by atoms with van der Waals surface area (Å²) in [6.07, 6.45) is 8.29. The molecule has 2 fully saturated rings. The quantitative estimate of drug-likeness (QED) is 0.882. The number of carbonyl (C=O) groups excluding carboxylic acids is 1. The van der Waals surface area contributed by atoms with E-state index < -0.39 is 6.10 Å². The minimum atomic E-state index is -0.392. The molecule has 3 heterocycles. The van der Waals surface area contributed by atoms with Gasteiger partial charge in [-0.1, -0.05) is 0 Å². The molecule has 2 aromatic heterocycles. The van der Waals surface area contributed by atoms with Crippen LogP contribution in [0.4, 0.5) is 5.82 Å². The third-order valence-electron chi connectivity index (χ3n) is 5.58. The van der Waals surface area contributed by atoms with Crippen LogP contribution < -0.4 is 5.32 Å². The van der Waals surface area contributed by atoms with Crippen LogP contribution in [0.2, 0.25) is 0 Å². The average molecular weight is 341 g/mol. The number of imidazole rings is 1. The number of anilines is 1. The van der Waals surface area contributed by atoms with Gasteiger partial charge in [0.1, 0.15) is 5.82 Å². The molecule has 0 radical (unpaired) electrons. The SMILES string of the molecule is CNc1ncccc1C(=O)N1C[C@H]2C[C@@H](n3ccnc3)[C@H](O)C[C@H]2C1. The lowest BCUT2D eigenvalue weighted by atomic mass is 9.77. The molecule has 0 bridgehead atoms. The van der Waals surface area contributed by atoms with Crippen molar-refractivity contribution in [3.8, 4) is 0 Å². The van der Waals surface area contributed by atoms with Crippen LogP contribution in [0.5, 0.6) is 0 Å².